The van der Waals surface area contributed by atoms with E-state index < -0.39 is 12.0 Å². The molecule has 1 rings (SSSR count). The molecule has 1 aliphatic rings. The molecule has 9 nitrogen and oxygen atoms in total. The lowest BCUT2D eigenvalue weighted by Crippen LogP contribution is -2.49. The van der Waals surface area contributed by atoms with Crippen LogP contribution in [-0.2, 0) is 14.4 Å². The summed E-state index contributed by atoms with van der Waals surface area (Å²) in [7, 11) is 1.48. The number of hydrogen-bond acceptors (Lipinski definition) is 6. The number of carboxylic acids is 1. The molecule has 0 saturated heterocycles. The fourth-order valence-corrected chi connectivity index (χ4v) is 3.49. The van der Waals surface area contributed by atoms with Gasteiger partial charge in [0.1, 0.15) is 6.54 Å². The van der Waals surface area contributed by atoms with Crippen molar-refractivity contribution in [1.29, 1.82) is 0 Å². The molecular formula is C21H39N5O4. The van der Waals surface area contributed by atoms with E-state index in [1.807, 2.05) is 6.08 Å². The van der Waals surface area contributed by atoms with E-state index in [-0.39, 0.29) is 42.7 Å². The zero-order chi connectivity index (χ0) is 22.5. The number of nitrogens with one attached hydrogen (secondary N) is 2. The van der Waals surface area contributed by atoms with E-state index in [1.165, 1.54) is 31.3 Å². The van der Waals surface area contributed by atoms with Crippen molar-refractivity contribution in [3.8, 4) is 0 Å². The third kappa shape index (κ3) is 10.7. The van der Waals surface area contributed by atoms with Crippen LogP contribution in [0.25, 0.3) is 0 Å². The largest absolute Gasteiger partial charge is 0.480 e. The zero-order valence-corrected chi connectivity index (χ0v) is 18.3. The number of likely N-dealkylation sites (N-methyl/N-ethyl adjacent to an activating group) is 1. The predicted octanol–water partition coefficient (Wildman–Crippen LogP) is 0.748. The highest BCUT2D eigenvalue weighted by Crippen LogP contribution is 2.41. The lowest BCUT2D eigenvalue weighted by atomic mass is 10.0. The van der Waals surface area contributed by atoms with Gasteiger partial charge in [-0.25, -0.2) is 5.01 Å². The maximum Gasteiger partial charge on any atom is 0.319 e. The molecule has 4 atom stereocenters. The third-order valence-corrected chi connectivity index (χ3v) is 5.34. The maximum atomic E-state index is 12.5. The fourth-order valence-electron chi connectivity index (χ4n) is 3.49. The molecule has 0 spiro atoms. The molecule has 0 radical (unpaired) electrons. The van der Waals surface area contributed by atoms with E-state index >= 15 is 0 Å². The van der Waals surface area contributed by atoms with Crippen molar-refractivity contribution in [3.63, 3.8) is 0 Å². The molecule has 2 amide bonds. The van der Waals surface area contributed by atoms with Crippen LogP contribution >= 0.6 is 0 Å². The highest BCUT2D eigenvalue weighted by atomic mass is 16.4. The zero-order valence-electron chi connectivity index (χ0n) is 18.3. The molecule has 0 heterocycles. The minimum atomic E-state index is -1.04. The minimum absolute atomic E-state index is 0.0524. The van der Waals surface area contributed by atoms with Gasteiger partial charge in [-0.15, -0.1) is 0 Å². The van der Waals surface area contributed by atoms with Gasteiger partial charge < -0.3 is 21.9 Å². The Labute approximate surface area is 179 Å². The normalized spacial score (nSPS) is 20.2. The van der Waals surface area contributed by atoms with Crippen molar-refractivity contribution in [2.45, 2.75) is 70.4 Å². The topological polar surface area (TPSA) is 151 Å². The van der Waals surface area contributed by atoms with Crippen LogP contribution in [0, 0.1) is 11.8 Å². The first-order valence-electron chi connectivity index (χ1n) is 10.9. The van der Waals surface area contributed by atoms with Gasteiger partial charge in [-0.3, -0.25) is 19.8 Å². The van der Waals surface area contributed by atoms with Crippen molar-refractivity contribution < 1.29 is 19.5 Å². The average Bonchev–Trinajstić information content (AvgIpc) is 3.45. The van der Waals surface area contributed by atoms with Crippen molar-refractivity contribution in [2.75, 3.05) is 20.1 Å². The lowest BCUT2D eigenvalue weighted by Gasteiger charge is -2.22. The van der Waals surface area contributed by atoms with Gasteiger partial charge in [0.15, 0.2) is 0 Å². The van der Waals surface area contributed by atoms with Gasteiger partial charge in [0.25, 0.3) is 0 Å². The number of carboxylic acid groups (broad SMARTS) is 1. The number of unbranched alkanes of at least 4 members (excludes halogenated alkanes) is 4. The number of nitrogens with zero attached hydrogens (tertiary/aromatic N) is 1. The molecule has 1 saturated carbocycles. The van der Waals surface area contributed by atoms with E-state index in [1.54, 1.807) is 0 Å². The van der Waals surface area contributed by atoms with Gasteiger partial charge in [0.05, 0.1) is 6.04 Å². The Morgan fingerprint density at radius 3 is 2.57 bits per heavy atom. The van der Waals surface area contributed by atoms with Gasteiger partial charge in [-0.2, -0.15) is 0 Å². The Morgan fingerprint density at radius 2 is 1.97 bits per heavy atom. The molecule has 0 aromatic rings. The number of aliphatic carboxylic acids is 1. The van der Waals surface area contributed by atoms with E-state index in [4.69, 9.17) is 16.6 Å². The van der Waals surface area contributed by atoms with Crippen LogP contribution in [0.2, 0.25) is 0 Å². The number of carbonyl (C=O) groups excluding carboxylic acids is 2. The maximum absolute atomic E-state index is 12.5. The number of amides is 2. The average molecular weight is 426 g/mol. The summed E-state index contributed by atoms with van der Waals surface area (Å²) in [4.78, 5) is 35.5. The summed E-state index contributed by atoms with van der Waals surface area (Å²) in [6, 6.07) is -1.04. The molecule has 30 heavy (non-hydrogen) atoms. The van der Waals surface area contributed by atoms with Crippen molar-refractivity contribution in [2.24, 2.45) is 23.3 Å². The molecule has 0 aromatic carbocycles. The smallest absolute Gasteiger partial charge is 0.319 e. The highest BCUT2D eigenvalue weighted by molar-refractivity contribution is 5.83. The van der Waals surface area contributed by atoms with Gasteiger partial charge in [-0.05, 0) is 44.1 Å². The first-order valence-corrected chi connectivity index (χ1v) is 10.9. The van der Waals surface area contributed by atoms with Gasteiger partial charge in [0, 0.05) is 19.5 Å². The summed E-state index contributed by atoms with van der Waals surface area (Å²) >= 11 is 0. The van der Waals surface area contributed by atoms with Crippen LogP contribution in [0.5, 0.6) is 0 Å². The summed E-state index contributed by atoms with van der Waals surface area (Å²) in [5, 5.41) is 12.9. The molecular weight excluding hydrogens is 386 g/mol. The van der Waals surface area contributed by atoms with E-state index in [0.717, 1.165) is 19.3 Å². The van der Waals surface area contributed by atoms with Gasteiger partial charge >= 0.3 is 5.97 Å². The van der Waals surface area contributed by atoms with Crippen LogP contribution in [0.4, 0.5) is 0 Å². The molecule has 9 heteroatoms. The second-order valence-electron chi connectivity index (χ2n) is 8.16. The second kappa shape index (κ2) is 14.1. The summed E-state index contributed by atoms with van der Waals surface area (Å²) in [5.41, 5.74) is 14.3. The molecule has 1 fully saturated rings. The van der Waals surface area contributed by atoms with Crippen LogP contribution in [0.1, 0.15) is 58.3 Å². The van der Waals surface area contributed by atoms with Gasteiger partial charge in [0.2, 0.25) is 11.8 Å². The summed E-state index contributed by atoms with van der Waals surface area (Å²) in [6.45, 7) is 2.37. The summed E-state index contributed by atoms with van der Waals surface area (Å²) in [5.74, 6) is -1.27. The molecule has 1 aliphatic carbocycles. The van der Waals surface area contributed by atoms with Crippen molar-refractivity contribution in [1.82, 2.24) is 15.8 Å². The number of nitrogens with two attached hydrogens (primary N) is 2. The predicted molar refractivity (Wildman–Crippen MR) is 116 cm³/mol. The number of hydrazine groups is 1. The number of allylic oxidation sites excluding steroid dienone is 1. The lowest BCUT2D eigenvalue weighted by molar-refractivity contribution is -0.139. The molecule has 0 aromatic heterocycles. The molecule has 0 aliphatic heterocycles. The second-order valence-corrected chi connectivity index (χ2v) is 8.16. The number of hydrogen-bond donors (Lipinski definition) is 5. The summed E-state index contributed by atoms with van der Waals surface area (Å²) in [6.07, 6.45) is 11.1. The van der Waals surface area contributed by atoms with Crippen LogP contribution < -0.4 is 22.2 Å². The number of carbonyl (C=O) groups is 3. The van der Waals surface area contributed by atoms with Crippen molar-refractivity contribution in [3.05, 3.63) is 12.2 Å². The van der Waals surface area contributed by atoms with E-state index in [2.05, 4.69) is 23.7 Å². The SMILES string of the molecule is CCCCCC/C=C/C[C@H](N)C(=O)N[C@H](CC(=O)NN(C)CC(=O)O)[C@H]1C[C@H]1CN. The molecule has 0 unspecified atom stereocenters. The first kappa shape index (κ1) is 26.1. The summed E-state index contributed by atoms with van der Waals surface area (Å²) < 4.78 is 0. The van der Waals surface area contributed by atoms with Crippen LogP contribution in [0.15, 0.2) is 12.2 Å². The molecule has 172 valence electrons. The fraction of sp³-hybridized carbons (Fsp3) is 0.762. The Balaban J connectivity index is 2.48. The molecule has 7 N–H and O–H groups in total. The third-order valence-electron chi connectivity index (χ3n) is 5.34. The van der Waals surface area contributed by atoms with Gasteiger partial charge in [-0.1, -0.05) is 38.3 Å². The Morgan fingerprint density at radius 1 is 1.23 bits per heavy atom. The Bertz CT molecular complexity index is 584. The molecule has 0 bridgehead atoms. The highest BCUT2D eigenvalue weighted by Gasteiger charge is 2.43. The minimum Gasteiger partial charge on any atom is -0.480 e. The number of rotatable bonds is 16. The van der Waals surface area contributed by atoms with Crippen molar-refractivity contribution >= 4 is 17.8 Å². The Hall–Kier alpha value is -1.97. The Kier molecular flexibility index (Phi) is 12.3. The van der Waals surface area contributed by atoms with Crippen LogP contribution in [0.3, 0.4) is 0 Å². The standard InChI is InChI=1S/C21H39N5O4/c1-3-4-5-6-7-8-9-10-17(23)21(30)24-18(16-11-15(16)13-22)12-19(27)25-26(2)14-20(28)29/h8-9,15-18H,3-7,10-14,22-23H2,1-2H3,(H,24,30)(H,25,27)(H,28,29)/b9-8+/t15-,16-,17-,18+/m0/s1. The van der Waals surface area contributed by atoms with Crippen LogP contribution in [-0.4, -0.2) is 60.1 Å². The van der Waals surface area contributed by atoms with E-state index in [0.29, 0.717) is 13.0 Å². The quantitative estimate of drug-likeness (QED) is 0.139. The first-order chi connectivity index (χ1) is 14.3. The monoisotopic (exact) mass is 425 g/mol. The van der Waals surface area contributed by atoms with E-state index in [9.17, 15) is 14.4 Å².